The highest BCUT2D eigenvalue weighted by Crippen LogP contribution is 2.03. The summed E-state index contributed by atoms with van der Waals surface area (Å²) in [6.07, 6.45) is 11.9. The lowest BCUT2D eigenvalue weighted by atomic mass is 10.2. The van der Waals surface area contributed by atoms with Gasteiger partial charge in [0, 0.05) is 18.7 Å². The van der Waals surface area contributed by atoms with Crippen molar-refractivity contribution < 1.29 is 0 Å². The molecular formula is C11H17N. The van der Waals surface area contributed by atoms with Crippen molar-refractivity contribution in [1.82, 2.24) is 5.32 Å². The molecular weight excluding hydrogens is 146 g/mol. The summed E-state index contributed by atoms with van der Waals surface area (Å²) >= 11 is 0. The van der Waals surface area contributed by atoms with Gasteiger partial charge in [-0.25, -0.2) is 0 Å². The summed E-state index contributed by atoms with van der Waals surface area (Å²) in [4.78, 5) is 0. The summed E-state index contributed by atoms with van der Waals surface area (Å²) in [5.41, 5.74) is 1.31. The Bertz CT molecular complexity index is 209. The van der Waals surface area contributed by atoms with Crippen LogP contribution in [0.15, 0.2) is 36.1 Å². The Morgan fingerprint density at radius 1 is 1.42 bits per heavy atom. The van der Waals surface area contributed by atoms with E-state index in [9.17, 15) is 0 Å². The van der Waals surface area contributed by atoms with Crippen LogP contribution >= 0.6 is 0 Å². The van der Waals surface area contributed by atoms with Gasteiger partial charge in [-0.1, -0.05) is 38.2 Å². The summed E-state index contributed by atoms with van der Waals surface area (Å²) in [6.45, 7) is 5.34. The molecule has 0 radical (unpaired) electrons. The Labute approximate surface area is 74.9 Å². The minimum atomic E-state index is 0.640. The molecule has 0 atom stereocenters. The summed E-state index contributed by atoms with van der Waals surface area (Å²) < 4.78 is 0. The first-order valence-corrected chi connectivity index (χ1v) is 4.55. The van der Waals surface area contributed by atoms with Gasteiger partial charge in [-0.3, -0.25) is 0 Å². The number of hydrogen-bond acceptors (Lipinski definition) is 1. The molecule has 1 heteroatoms. The van der Waals surface area contributed by atoms with Crippen molar-refractivity contribution >= 4 is 0 Å². The van der Waals surface area contributed by atoms with Crippen LogP contribution in [0, 0.1) is 5.92 Å². The molecule has 1 aliphatic heterocycles. The standard InChI is InChI=1S/C11H17N/c1-10(2)6-5-8-11-7-3-4-9-12-11/h3-6,8,10,12H,7,9H2,1-2H3/b6-5-,11-8+. The van der Waals surface area contributed by atoms with E-state index in [1.165, 1.54) is 5.70 Å². The molecule has 66 valence electrons. The molecule has 0 saturated heterocycles. The Hall–Kier alpha value is -0.980. The number of allylic oxidation sites excluding steroid dienone is 4. The van der Waals surface area contributed by atoms with Crippen LogP contribution in [0.4, 0.5) is 0 Å². The van der Waals surface area contributed by atoms with Crippen LogP contribution in [0.25, 0.3) is 0 Å². The quantitative estimate of drug-likeness (QED) is 0.617. The maximum absolute atomic E-state index is 3.32. The Morgan fingerprint density at radius 2 is 2.25 bits per heavy atom. The Balaban J connectivity index is 2.41. The lowest BCUT2D eigenvalue weighted by Crippen LogP contribution is -2.15. The summed E-state index contributed by atoms with van der Waals surface area (Å²) in [7, 11) is 0. The van der Waals surface area contributed by atoms with Crippen molar-refractivity contribution in [2.75, 3.05) is 6.54 Å². The van der Waals surface area contributed by atoms with Crippen LogP contribution in [-0.4, -0.2) is 6.54 Å². The van der Waals surface area contributed by atoms with Gasteiger partial charge in [0.05, 0.1) is 0 Å². The molecule has 0 aliphatic carbocycles. The van der Waals surface area contributed by atoms with Gasteiger partial charge in [0.25, 0.3) is 0 Å². The Morgan fingerprint density at radius 3 is 2.83 bits per heavy atom. The number of rotatable bonds is 2. The molecule has 1 heterocycles. The van der Waals surface area contributed by atoms with Gasteiger partial charge in [-0.15, -0.1) is 0 Å². The first kappa shape index (κ1) is 9.11. The third-order valence-electron chi connectivity index (χ3n) is 1.74. The molecule has 0 amide bonds. The van der Waals surface area contributed by atoms with Gasteiger partial charge < -0.3 is 5.32 Å². The van der Waals surface area contributed by atoms with Crippen LogP contribution in [0.1, 0.15) is 20.3 Å². The molecule has 0 bridgehead atoms. The number of hydrogen-bond donors (Lipinski definition) is 1. The van der Waals surface area contributed by atoms with Crippen LogP contribution < -0.4 is 5.32 Å². The molecule has 1 aliphatic rings. The molecule has 0 aromatic rings. The molecule has 0 saturated carbocycles. The van der Waals surface area contributed by atoms with Gasteiger partial charge in [0.1, 0.15) is 0 Å². The van der Waals surface area contributed by atoms with Crippen molar-refractivity contribution in [1.29, 1.82) is 0 Å². The maximum Gasteiger partial charge on any atom is 0.0328 e. The van der Waals surface area contributed by atoms with Gasteiger partial charge >= 0.3 is 0 Å². The first-order valence-electron chi connectivity index (χ1n) is 4.55. The van der Waals surface area contributed by atoms with E-state index in [-0.39, 0.29) is 0 Å². The van der Waals surface area contributed by atoms with Gasteiger partial charge in [0.15, 0.2) is 0 Å². The second-order valence-corrected chi connectivity index (χ2v) is 3.38. The van der Waals surface area contributed by atoms with Crippen molar-refractivity contribution in [3.63, 3.8) is 0 Å². The fourth-order valence-electron chi connectivity index (χ4n) is 1.08. The smallest absolute Gasteiger partial charge is 0.0328 e. The SMILES string of the molecule is CC(C)/C=C\C=C1/CC=CCN1. The van der Waals surface area contributed by atoms with E-state index < -0.39 is 0 Å². The predicted octanol–water partition coefficient (Wildman–Crippen LogP) is 2.63. The monoisotopic (exact) mass is 163 g/mol. The highest BCUT2D eigenvalue weighted by Gasteiger charge is 1.94. The summed E-state index contributed by atoms with van der Waals surface area (Å²) in [6, 6.07) is 0. The van der Waals surface area contributed by atoms with Crippen molar-refractivity contribution in [2.24, 2.45) is 5.92 Å². The third kappa shape index (κ3) is 3.42. The number of nitrogens with one attached hydrogen (secondary N) is 1. The highest BCUT2D eigenvalue weighted by molar-refractivity contribution is 5.17. The zero-order valence-corrected chi connectivity index (χ0v) is 7.88. The minimum absolute atomic E-state index is 0.640. The molecule has 1 N–H and O–H groups in total. The van der Waals surface area contributed by atoms with Gasteiger partial charge in [0.2, 0.25) is 0 Å². The molecule has 0 spiro atoms. The molecule has 1 nitrogen and oxygen atoms in total. The summed E-state index contributed by atoms with van der Waals surface area (Å²) in [5.74, 6) is 0.640. The molecule has 12 heavy (non-hydrogen) atoms. The van der Waals surface area contributed by atoms with E-state index in [1.54, 1.807) is 0 Å². The predicted molar refractivity (Wildman–Crippen MR) is 53.8 cm³/mol. The summed E-state index contributed by atoms with van der Waals surface area (Å²) in [5, 5.41) is 3.32. The van der Waals surface area contributed by atoms with E-state index in [0.717, 1.165) is 13.0 Å². The average molecular weight is 163 g/mol. The van der Waals surface area contributed by atoms with E-state index in [2.05, 4.69) is 49.5 Å². The second kappa shape index (κ2) is 4.81. The zero-order chi connectivity index (χ0) is 8.81. The average Bonchev–Trinajstić information content (AvgIpc) is 2.05. The van der Waals surface area contributed by atoms with E-state index in [0.29, 0.717) is 5.92 Å². The molecule has 0 aromatic heterocycles. The van der Waals surface area contributed by atoms with Crippen molar-refractivity contribution in [3.05, 3.63) is 36.1 Å². The first-order chi connectivity index (χ1) is 5.79. The topological polar surface area (TPSA) is 12.0 Å². The Kier molecular flexibility index (Phi) is 3.65. The normalized spacial score (nSPS) is 20.8. The van der Waals surface area contributed by atoms with Crippen molar-refractivity contribution in [2.45, 2.75) is 20.3 Å². The molecule has 0 aromatic carbocycles. The van der Waals surface area contributed by atoms with Crippen LogP contribution in [0.3, 0.4) is 0 Å². The van der Waals surface area contributed by atoms with Crippen LogP contribution in [0.5, 0.6) is 0 Å². The molecule has 0 unspecified atom stereocenters. The van der Waals surface area contributed by atoms with Crippen molar-refractivity contribution in [3.8, 4) is 0 Å². The van der Waals surface area contributed by atoms with E-state index in [1.807, 2.05) is 0 Å². The van der Waals surface area contributed by atoms with Gasteiger partial charge in [-0.2, -0.15) is 0 Å². The third-order valence-corrected chi connectivity index (χ3v) is 1.74. The lowest BCUT2D eigenvalue weighted by molar-refractivity contribution is 0.825. The second-order valence-electron chi connectivity index (χ2n) is 3.38. The molecule has 0 fully saturated rings. The zero-order valence-electron chi connectivity index (χ0n) is 7.88. The van der Waals surface area contributed by atoms with Crippen LogP contribution in [-0.2, 0) is 0 Å². The highest BCUT2D eigenvalue weighted by atomic mass is 14.9. The van der Waals surface area contributed by atoms with E-state index >= 15 is 0 Å². The van der Waals surface area contributed by atoms with E-state index in [4.69, 9.17) is 0 Å². The fourth-order valence-corrected chi connectivity index (χ4v) is 1.08. The maximum atomic E-state index is 3.32. The van der Waals surface area contributed by atoms with Gasteiger partial charge in [-0.05, 0) is 12.0 Å². The van der Waals surface area contributed by atoms with Crippen LogP contribution in [0.2, 0.25) is 0 Å². The fraction of sp³-hybridized carbons (Fsp3) is 0.455. The largest absolute Gasteiger partial charge is 0.385 e. The minimum Gasteiger partial charge on any atom is -0.385 e. The molecule has 1 rings (SSSR count). The lowest BCUT2D eigenvalue weighted by Gasteiger charge is -2.10.